The standard InChI is InChI=1S/C11H26N2O/c1-10(2)8-12-9-11(3)14-7-6-13(4)5/h10-12H,6-9H2,1-5H3. The van der Waals surface area contributed by atoms with E-state index in [4.69, 9.17) is 4.74 Å². The zero-order chi connectivity index (χ0) is 11.0. The lowest BCUT2D eigenvalue weighted by molar-refractivity contribution is 0.0557. The summed E-state index contributed by atoms with van der Waals surface area (Å²) in [5, 5.41) is 3.38. The third-order valence-electron chi connectivity index (χ3n) is 1.93. The summed E-state index contributed by atoms with van der Waals surface area (Å²) in [6.07, 6.45) is 0.314. The molecule has 86 valence electrons. The SMILES string of the molecule is CC(C)CNCC(C)OCCN(C)C. The van der Waals surface area contributed by atoms with Gasteiger partial charge in [-0.3, -0.25) is 0 Å². The van der Waals surface area contributed by atoms with E-state index in [9.17, 15) is 0 Å². The third kappa shape index (κ3) is 9.96. The Balaban J connectivity index is 3.23. The highest BCUT2D eigenvalue weighted by atomic mass is 16.5. The largest absolute Gasteiger partial charge is 0.376 e. The first-order valence-corrected chi connectivity index (χ1v) is 5.49. The topological polar surface area (TPSA) is 24.5 Å². The number of likely N-dealkylation sites (N-methyl/N-ethyl adjacent to an activating group) is 1. The van der Waals surface area contributed by atoms with Crippen LogP contribution in [-0.4, -0.2) is 51.3 Å². The van der Waals surface area contributed by atoms with Gasteiger partial charge >= 0.3 is 0 Å². The number of nitrogens with zero attached hydrogens (tertiary/aromatic N) is 1. The molecule has 0 saturated carbocycles. The van der Waals surface area contributed by atoms with Crippen molar-refractivity contribution >= 4 is 0 Å². The zero-order valence-corrected chi connectivity index (χ0v) is 10.3. The van der Waals surface area contributed by atoms with Crippen LogP contribution in [0.4, 0.5) is 0 Å². The lowest BCUT2D eigenvalue weighted by atomic mass is 10.2. The van der Waals surface area contributed by atoms with E-state index >= 15 is 0 Å². The summed E-state index contributed by atoms with van der Waals surface area (Å²) < 4.78 is 5.63. The van der Waals surface area contributed by atoms with Gasteiger partial charge in [0.05, 0.1) is 12.7 Å². The molecule has 0 aromatic rings. The molecule has 0 radical (unpaired) electrons. The minimum absolute atomic E-state index is 0.314. The van der Waals surface area contributed by atoms with E-state index in [1.165, 1.54) is 0 Å². The Morgan fingerprint density at radius 2 is 1.79 bits per heavy atom. The van der Waals surface area contributed by atoms with Crippen LogP contribution < -0.4 is 5.32 Å². The Morgan fingerprint density at radius 3 is 2.29 bits per heavy atom. The van der Waals surface area contributed by atoms with Crippen molar-refractivity contribution < 1.29 is 4.74 Å². The fourth-order valence-corrected chi connectivity index (χ4v) is 1.07. The molecule has 0 aromatic carbocycles. The van der Waals surface area contributed by atoms with E-state index < -0.39 is 0 Å². The van der Waals surface area contributed by atoms with Crippen LogP contribution in [0.1, 0.15) is 20.8 Å². The van der Waals surface area contributed by atoms with Crippen LogP contribution in [0, 0.1) is 5.92 Å². The van der Waals surface area contributed by atoms with Gasteiger partial charge in [-0.2, -0.15) is 0 Å². The van der Waals surface area contributed by atoms with Gasteiger partial charge in [0.2, 0.25) is 0 Å². The summed E-state index contributed by atoms with van der Waals surface area (Å²) in [6, 6.07) is 0. The number of rotatable bonds is 8. The van der Waals surface area contributed by atoms with Gasteiger partial charge < -0.3 is 15.0 Å². The lowest BCUT2D eigenvalue weighted by Crippen LogP contribution is -2.31. The molecular weight excluding hydrogens is 176 g/mol. The molecule has 0 saturated heterocycles. The Hall–Kier alpha value is -0.120. The first kappa shape index (κ1) is 13.9. The molecule has 1 atom stereocenters. The van der Waals surface area contributed by atoms with Gasteiger partial charge in [0.15, 0.2) is 0 Å². The van der Waals surface area contributed by atoms with Crippen molar-refractivity contribution in [2.45, 2.75) is 26.9 Å². The van der Waals surface area contributed by atoms with Gasteiger partial charge in [-0.1, -0.05) is 13.8 Å². The molecule has 0 amide bonds. The van der Waals surface area contributed by atoms with Gasteiger partial charge in [-0.05, 0) is 33.5 Å². The molecule has 0 spiro atoms. The molecule has 0 aliphatic carbocycles. The van der Waals surface area contributed by atoms with Crippen LogP contribution >= 0.6 is 0 Å². The summed E-state index contributed by atoms with van der Waals surface area (Å²) >= 11 is 0. The van der Waals surface area contributed by atoms with Gasteiger partial charge in [-0.15, -0.1) is 0 Å². The van der Waals surface area contributed by atoms with Crippen LogP contribution in [-0.2, 0) is 4.74 Å². The van der Waals surface area contributed by atoms with E-state index in [0.717, 1.165) is 26.2 Å². The third-order valence-corrected chi connectivity index (χ3v) is 1.93. The van der Waals surface area contributed by atoms with Crippen molar-refractivity contribution in [3.8, 4) is 0 Å². The van der Waals surface area contributed by atoms with Crippen LogP contribution in [0.25, 0.3) is 0 Å². The van der Waals surface area contributed by atoms with E-state index in [-0.39, 0.29) is 0 Å². The molecule has 0 fully saturated rings. The Bertz CT molecular complexity index is 112. The predicted octanol–water partition coefficient (Wildman–Crippen LogP) is 1.20. The molecule has 0 bridgehead atoms. The second-order valence-corrected chi connectivity index (χ2v) is 4.54. The fraction of sp³-hybridized carbons (Fsp3) is 1.00. The molecule has 1 unspecified atom stereocenters. The van der Waals surface area contributed by atoms with E-state index in [0.29, 0.717) is 12.0 Å². The average Bonchev–Trinajstić information content (AvgIpc) is 2.02. The summed E-state index contributed by atoms with van der Waals surface area (Å²) in [7, 11) is 4.12. The van der Waals surface area contributed by atoms with E-state index in [2.05, 4.69) is 45.1 Å². The van der Waals surface area contributed by atoms with Crippen molar-refractivity contribution in [3.63, 3.8) is 0 Å². The smallest absolute Gasteiger partial charge is 0.0672 e. The van der Waals surface area contributed by atoms with Crippen molar-refractivity contribution in [2.24, 2.45) is 5.92 Å². The van der Waals surface area contributed by atoms with E-state index in [1.54, 1.807) is 0 Å². The molecule has 1 N–H and O–H groups in total. The molecule has 14 heavy (non-hydrogen) atoms. The molecule has 3 nitrogen and oxygen atoms in total. The van der Waals surface area contributed by atoms with Gasteiger partial charge in [0.25, 0.3) is 0 Å². The highest BCUT2D eigenvalue weighted by Crippen LogP contribution is 1.91. The second-order valence-electron chi connectivity index (χ2n) is 4.54. The molecule has 0 aliphatic heterocycles. The monoisotopic (exact) mass is 202 g/mol. The Kier molecular flexibility index (Phi) is 8.14. The highest BCUT2D eigenvalue weighted by molar-refractivity contribution is 4.57. The zero-order valence-electron chi connectivity index (χ0n) is 10.3. The van der Waals surface area contributed by atoms with Crippen molar-refractivity contribution in [1.82, 2.24) is 10.2 Å². The number of nitrogens with one attached hydrogen (secondary N) is 1. The number of hydrogen-bond acceptors (Lipinski definition) is 3. The Labute approximate surface area is 88.8 Å². The Morgan fingerprint density at radius 1 is 1.14 bits per heavy atom. The molecular formula is C11H26N2O. The van der Waals surface area contributed by atoms with Crippen molar-refractivity contribution in [1.29, 1.82) is 0 Å². The maximum absolute atomic E-state index is 5.63. The summed E-state index contributed by atoms with van der Waals surface area (Å²) in [5.41, 5.74) is 0. The van der Waals surface area contributed by atoms with Crippen LogP contribution in [0.5, 0.6) is 0 Å². The van der Waals surface area contributed by atoms with Crippen LogP contribution in [0.3, 0.4) is 0 Å². The molecule has 0 aromatic heterocycles. The molecule has 0 rings (SSSR count). The van der Waals surface area contributed by atoms with E-state index in [1.807, 2.05) is 0 Å². The maximum Gasteiger partial charge on any atom is 0.0672 e. The summed E-state index contributed by atoms with van der Waals surface area (Å²) in [6.45, 7) is 10.4. The lowest BCUT2D eigenvalue weighted by Gasteiger charge is -2.16. The molecule has 0 aliphatic rings. The van der Waals surface area contributed by atoms with Gasteiger partial charge in [0, 0.05) is 13.1 Å². The quantitative estimate of drug-likeness (QED) is 0.640. The average molecular weight is 202 g/mol. The van der Waals surface area contributed by atoms with Gasteiger partial charge in [0.1, 0.15) is 0 Å². The molecule has 0 heterocycles. The van der Waals surface area contributed by atoms with Crippen molar-refractivity contribution in [2.75, 3.05) is 40.3 Å². The maximum atomic E-state index is 5.63. The summed E-state index contributed by atoms with van der Waals surface area (Å²) in [4.78, 5) is 2.13. The van der Waals surface area contributed by atoms with Crippen molar-refractivity contribution in [3.05, 3.63) is 0 Å². The molecule has 3 heteroatoms. The second kappa shape index (κ2) is 8.21. The normalized spacial score (nSPS) is 13.9. The van der Waals surface area contributed by atoms with Crippen LogP contribution in [0.2, 0.25) is 0 Å². The number of ether oxygens (including phenoxy) is 1. The first-order valence-electron chi connectivity index (χ1n) is 5.49. The van der Waals surface area contributed by atoms with Gasteiger partial charge in [-0.25, -0.2) is 0 Å². The minimum atomic E-state index is 0.314. The minimum Gasteiger partial charge on any atom is -0.376 e. The highest BCUT2D eigenvalue weighted by Gasteiger charge is 2.02. The summed E-state index contributed by atoms with van der Waals surface area (Å²) in [5.74, 6) is 0.712. The predicted molar refractivity (Wildman–Crippen MR) is 61.7 cm³/mol. The number of hydrogen-bond donors (Lipinski definition) is 1. The fourth-order valence-electron chi connectivity index (χ4n) is 1.07. The van der Waals surface area contributed by atoms with Crippen LogP contribution in [0.15, 0.2) is 0 Å². The first-order chi connectivity index (χ1) is 6.52.